The first-order valence-corrected chi connectivity index (χ1v) is 6.41. The van der Waals surface area contributed by atoms with Crippen LogP contribution >= 0.6 is 0 Å². The van der Waals surface area contributed by atoms with Crippen LogP contribution in [0.4, 0.5) is 16.4 Å². The van der Waals surface area contributed by atoms with Gasteiger partial charge in [-0.25, -0.2) is 4.79 Å². The van der Waals surface area contributed by atoms with Crippen LogP contribution in [-0.4, -0.2) is 42.2 Å². The number of nitrogens with one attached hydrogen (secondary N) is 2. The van der Waals surface area contributed by atoms with Crippen molar-refractivity contribution in [3.05, 3.63) is 12.1 Å². The number of rotatable bonds is 5. The Balaban J connectivity index is 1.78. The molecule has 0 spiro atoms. The van der Waals surface area contributed by atoms with Gasteiger partial charge in [0.2, 0.25) is 0 Å². The number of aromatic nitrogens is 2. The zero-order valence-corrected chi connectivity index (χ0v) is 10.9. The van der Waals surface area contributed by atoms with Crippen LogP contribution in [0.15, 0.2) is 12.1 Å². The minimum Gasteiger partial charge on any atom is -0.450 e. The molecule has 104 valence electrons. The molecule has 7 heteroatoms. The lowest BCUT2D eigenvalue weighted by Gasteiger charge is -2.11. The number of hydrogen-bond acceptors (Lipinski definition) is 6. The lowest BCUT2D eigenvalue weighted by molar-refractivity contribution is 0.120. The van der Waals surface area contributed by atoms with E-state index in [9.17, 15) is 4.79 Å². The van der Waals surface area contributed by atoms with Crippen LogP contribution in [0.25, 0.3) is 0 Å². The molecule has 1 aliphatic heterocycles. The average molecular weight is 266 g/mol. The van der Waals surface area contributed by atoms with Crippen molar-refractivity contribution in [3.63, 3.8) is 0 Å². The normalized spacial score (nSPS) is 18.1. The van der Waals surface area contributed by atoms with Gasteiger partial charge >= 0.3 is 6.09 Å². The Morgan fingerprint density at radius 2 is 2.26 bits per heavy atom. The van der Waals surface area contributed by atoms with E-state index < -0.39 is 6.09 Å². The zero-order valence-electron chi connectivity index (χ0n) is 10.9. The van der Waals surface area contributed by atoms with Crippen LogP contribution in [0.1, 0.15) is 19.8 Å². The minimum absolute atomic E-state index is 0.249. The Morgan fingerprint density at radius 3 is 2.89 bits per heavy atom. The van der Waals surface area contributed by atoms with E-state index in [2.05, 4.69) is 20.8 Å². The van der Waals surface area contributed by atoms with Crippen molar-refractivity contribution in [2.24, 2.45) is 0 Å². The third-order valence-electron chi connectivity index (χ3n) is 2.70. The van der Waals surface area contributed by atoms with Crippen molar-refractivity contribution in [2.45, 2.75) is 25.9 Å². The fourth-order valence-corrected chi connectivity index (χ4v) is 1.79. The predicted octanol–water partition coefficient (Wildman–Crippen LogP) is 1.64. The van der Waals surface area contributed by atoms with E-state index in [1.54, 1.807) is 19.1 Å². The summed E-state index contributed by atoms with van der Waals surface area (Å²) < 4.78 is 10.2. The molecule has 7 nitrogen and oxygen atoms in total. The van der Waals surface area contributed by atoms with Crippen molar-refractivity contribution < 1.29 is 14.3 Å². The first-order valence-electron chi connectivity index (χ1n) is 6.41. The molecule has 2 N–H and O–H groups in total. The highest BCUT2D eigenvalue weighted by Crippen LogP contribution is 2.13. The van der Waals surface area contributed by atoms with Crippen LogP contribution in [0, 0.1) is 0 Å². The molecule has 2 rings (SSSR count). The molecule has 19 heavy (non-hydrogen) atoms. The quantitative estimate of drug-likeness (QED) is 0.842. The van der Waals surface area contributed by atoms with Crippen LogP contribution in [0.3, 0.4) is 0 Å². The molecule has 1 aromatic heterocycles. The van der Waals surface area contributed by atoms with Crippen molar-refractivity contribution >= 4 is 17.7 Å². The highest BCUT2D eigenvalue weighted by atomic mass is 16.5. The zero-order chi connectivity index (χ0) is 13.5. The molecule has 1 aliphatic rings. The maximum Gasteiger partial charge on any atom is 0.412 e. The van der Waals surface area contributed by atoms with Crippen molar-refractivity contribution in [1.82, 2.24) is 10.2 Å². The van der Waals surface area contributed by atoms with Gasteiger partial charge in [0.05, 0.1) is 12.7 Å². The van der Waals surface area contributed by atoms with Gasteiger partial charge in [0, 0.05) is 13.2 Å². The Morgan fingerprint density at radius 1 is 1.47 bits per heavy atom. The average Bonchev–Trinajstić information content (AvgIpc) is 2.91. The van der Waals surface area contributed by atoms with E-state index in [0.29, 0.717) is 18.2 Å². The number of hydrogen-bond donors (Lipinski definition) is 2. The highest BCUT2D eigenvalue weighted by Gasteiger charge is 2.15. The molecule has 1 saturated heterocycles. The van der Waals surface area contributed by atoms with Gasteiger partial charge in [-0.15, -0.1) is 10.2 Å². The van der Waals surface area contributed by atoms with E-state index in [4.69, 9.17) is 9.47 Å². The molecule has 1 atom stereocenters. The third-order valence-corrected chi connectivity index (χ3v) is 2.70. The molecule has 0 aromatic carbocycles. The number of carbonyl (C=O) groups is 1. The van der Waals surface area contributed by atoms with Crippen molar-refractivity contribution in [3.8, 4) is 0 Å². The van der Waals surface area contributed by atoms with E-state index in [1.165, 1.54) is 0 Å². The Labute approximate surface area is 111 Å². The summed E-state index contributed by atoms with van der Waals surface area (Å²) in [5, 5.41) is 13.5. The van der Waals surface area contributed by atoms with Gasteiger partial charge in [-0.05, 0) is 31.9 Å². The maximum atomic E-state index is 11.2. The summed E-state index contributed by atoms with van der Waals surface area (Å²) in [5.41, 5.74) is 0. The molecule has 2 heterocycles. The van der Waals surface area contributed by atoms with E-state index >= 15 is 0 Å². The Kier molecular flexibility index (Phi) is 4.91. The monoisotopic (exact) mass is 266 g/mol. The number of amides is 1. The molecule has 0 bridgehead atoms. The van der Waals surface area contributed by atoms with Gasteiger partial charge in [0.1, 0.15) is 5.82 Å². The topological polar surface area (TPSA) is 85.4 Å². The summed E-state index contributed by atoms with van der Waals surface area (Å²) in [6.45, 7) is 3.61. The fourth-order valence-electron chi connectivity index (χ4n) is 1.79. The fraction of sp³-hybridized carbons (Fsp3) is 0.583. The second kappa shape index (κ2) is 6.89. The van der Waals surface area contributed by atoms with E-state index in [-0.39, 0.29) is 6.10 Å². The summed E-state index contributed by atoms with van der Waals surface area (Å²) in [4.78, 5) is 11.2. The van der Waals surface area contributed by atoms with Crippen molar-refractivity contribution in [2.75, 3.05) is 30.4 Å². The number of ether oxygens (including phenoxy) is 2. The van der Waals surface area contributed by atoms with Crippen LogP contribution in [-0.2, 0) is 9.47 Å². The third kappa shape index (κ3) is 4.36. The van der Waals surface area contributed by atoms with Crippen molar-refractivity contribution in [1.29, 1.82) is 0 Å². The first-order chi connectivity index (χ1) is 9.28. The predicted molar refractivity (Wildman–Crippen MR) is 70.1 cm³/mol. The first kappa shape index (κ1) is 13.5. The standard InChI is InChI=1S/C12H18N4O3/c1-2-18-12(17)14-11-6-5-10(15-16-11)13-8-9-4-3-7-19-9/h5-6,9H,2-4,7-8H2,1H3,(H,13,15)(H,14,16,17). The number of nitrogens with zero attached hydrogens (tertiary/aromatic N) is 2. The molecular weight excluding hydrogens is 248 g/mol. The molecule has 0 radical (unpaired) electrons. The Hall–Kier alpha value is -1.89. The molecule has 0 aliphatic carbocycles. The lowest BCUT2D eigenvalue weighted by atomic mass is 10.2. The number of carbonyl (C=O) groups excluding carboxylic acids is 1. The van der Waals surface area contributed by atoms with Gasteiger partial charge < -0.3 is 14.8 Å². The van der Waals surface area contributed by atoms with Gasteiger partial charge in [-0.3, -0.25) is 5.32 Å². The summed E-state index contributed by atoms with van der Waals surface area (Å²) in [7, 11) is 0. The van der Waals surface area contributed by atoms with Crippen LogP contribution in [0.2, 0.25) is 0 Å². The second-order valence-electron chi connectivity index (χ2n) is 4.17. The summed E-state index contributed by atoms with van der Waals surface area (Å²) in [6, 6.07) is 3.42. The van der Waals surface area contributed by atoms with Gasteiger partial charge in [0.25, 0.3) is 0 Å². The molecule has 1 amide bonds. The van der Waals surface area contributed by atoms with Gasteiger partial charge in [-0.1, -0.05) is 0 Å². The van der Waals surface area contributed by atoms with Gasteiger partial charge in [-0.2, -0.15) is 0 Å². The summed E-state index contributed by atoms with van der Waals surface area (Å²) in [6.07, 6.45) is 1.90. The van der Waals surface area contributed by atoms with E-state index in [1.807, 2.05) is 0 Å². The van der Waals surface area contributed by atoms with Crippen LogP contribution in [0.5, 0.6) is 0 Å². The molecule has 1 unspecified atom stereocenters. The van der Waals surface area contributed by atoms with Crippen LogP contribution < -0.4 is 10.6 Å². The smallest absolute Gasteiger partial charge is 0.412 e. The largest absolute Gasteiger partial charge is 0.450 e. The summed E-state index contributed by atoms with van der Waals surface area (Å²) in [5.74, 6) is 1.02. The highest BCUT2D eigenvalue weighted by molar-refractivity contribution is 5.83. The molecule has 0 saturated carbocycles. The molecule has 1 fully saturated rings. The van der Waals surface area contributed by atoms with Gasteiger partial charge in [0.15, 0.2) is 5.82 Å². The molecule has 1 aromatic rings. The second-order valence-corrected chi connectivity index (χ2v) is 4.17. The SMILES string of the molecule is CCOC(=O)Nc1ccc(NCC2CCCO2)nn1. The number of anilines is 2. The minimum atomic E-state index is -0.531. The summed E-state index contributed by atoms with van der Waals surface area (Å²) >= 11 is 0. The Bertz CT molecular complexity index is 404. The lowest BCUT2D eigenvalue weighted by Crippen LogP contribution is -2.19. The molecular formula is C12H18N4O3. The maximum absolute atomic E-state index is 11.2. The van der Waals surface area contributed by atoms with E-state index in [0.717, 1.165) is 26.0 Å².